The van der Waals surface area contributed by atoms with Crippen molar-refractivity contribution in [3.8, 4) is 11.5 Å². The van der Waals surface area contributed by atoms with Crippen molar-refractivity contribution in [2.24, 2.45) is 4.99 Å². The number of nitrogens with zero attached hydrogens (tertiary/aromatic N) is 2. The van der Waals surface area contributed by atoms with E-state index in [0.717, 1.165) is 31.1 Å². The van der Waals surface area contributed by atoms with Crippen LogP contribution in [0, 0.1) is 0 Å². The number of morpholine rings is 1. The standard InChI is InChI=1S/C17H28N4O3.HI/c1-5-23-15-7-6-13(10-16(15)22-4)20-17(18-2)19-11-14-12-21(3)8-9-24-14;/h6-7,10,14H,5,8-9,11-12H2,1-4H3,(H2,18,19,20);1H. The Morgan fingerprint density at radius 3 is 2.84 bits per heavy atom. The number of aliphatic imine (C=N–C) groups is 1. The zero-order chi connectivity index (χ0) is 17.4. The fraction of sp³-hybridized carbons (Fsp3) is 0.588. The Morgan fingerprint density at radius 2 is 2.20 bits per heavy atom. The van der Waals surface area contributed by atoms with Crippen LogP contribution in [-0.4, -0.2) is 71.0 Å². The number of nitrogens with one attached hydrogen (secondary N) is 2. The predicted octanol–water partition coefficient (Wildman–Crippen LogP) is 2.03. The summed E-state index contributed by atoms with van der Waals surface area (Å²) in [6, 6.07) is 5.71. The van der Waals surface area contributed by atoms with Crippen LogP contribution in [0.3, 0.4) is 0 Å². The summed E-state index contributed by atoms with van der Waals surface area (Å²) in [6.07, 6.45) is 0.164. The van der Waals surface area contributed by atoms with Crippen LogP contribution >= 0.6 is 24.0 Å². The monoisotopic (exact) mass is 464 g/mol. The molecule has 2 rings (SSSR count). The highest BCUT2D eigenvalue weighted by Crippen LogP contribution is 2.30. The SMILES string of the molecule is CCOc1ccc(NC(=NC)NCC2CN(C)CCO2)cc1OC.I. The molecule has 1 aromatic carbocycles. The van der Waals surface area contributed by atoms with Crippen molar-refractivity contribution in [1.82, 2.24) is 10.2 Å². The van der Waals surface area contributed by atoms with Gasteiger partial charge in [-0.1, -0.05) is 0 Å². The molecule has 0 aromatic heterocycles. The summed E-state index contributed by atoms with van der Waals surface area (Å²) in [6.45, 7) is 5.92. The smallest absolute Gasteiger partial charge is 0.195 e. The topological polar surface area (TPSA) is 67.4 Å². The quantitative estimate of drug-likeness (QED) is 0.382. The normalized spacial score (nSPS) is 18.2. The number of hydrogen-bond acceptors (Lipinski definition) is 5. The lowest BCUT2D eigenvalue weighted by Crippen LogP contribution is -2.47. The van der Waals surface area contributed by atoms with Gasteiger partial charge in [-0.25, -0.2) is 0 Å². The zero-order valence-electron chi connectivity index (χ0n) is 15.4. The van der Waals surface area contributed by atoms with E-state index >= 15 is 0 Å². The van der Waals surface area contributed by atoms with E-state index in [9.17, 15) is 0 Å². The minimum absolute atomic E-state index is 0. The van der Waals surface area contributed by atoms with Gasteiger partial charge in [0.05, 0.1) is 26.4 Å². The van der Waals surface area contributed by atoms with Gasteiger partial charge in [-0.15, -0.1) is 24.0 Å². The highest BCUT2D eigenvalue weighted by molar-refractivity contribution is 14.0. The molecule has 8 heteroatoms. The summed E-state index contributed by atoms with van der Waals surface area (Å²) < 4.78 is 16.7. The van der Waals surface area contributed by atoms with Crippen molar-refractivity contribution in [1.29, 1.82) is 0 Å². The van der Waals surface area contributed by atoms with E-state index in [1.54, 1.807) is 14.2 Å². The van der Waals surface area contributed by atoms with Gasteiger partial charge in [-0.3, -0.25) is 4.99 Å². The number of anilines is 1. The van der Waals surface area contributed by atoms with Gasteiger partial charge in [0.2, 0.25) is 0 Å². The van der Waals surface area contributed by atoms with Crippen molar-refractivity contribution >= 4 is 35.6 Å². The van der Waals surface area contributed by atoms with Gasteiger partial charge in [0.1, 0.15) is 0 Å². The van der Waals surface area contributed by atoms with Gasteiger partial charge in [0.15, 0.2) is 17.5 Å². The van der Waals surface area contributed by atoms with E-state index in [4.69, 9.17) is 14.2 Å². The molecule has 1 aliphatic heterocycles. The molecule has 1 aliphatic rings. The Hall–Kier alpha value is -1.26. The number of halogens is 1. The van der Waals surface area contributed by atoms with E-state index in [1.165, 1.54) is 0 Å². The molecule has 0 bridgehead atoms. The van der Waals surface area contributed by atoms with Crippen LogP contribution in [0.1, 0.15) is 6.92 Å². The Balaban J connectivity index is 0.00000312. The molecule has 1 heterocycles. The Morgan fingerprint density at radius 1 is 1.40 bits per heavy atom. The van der Waals surface area contributed by atoms with Crippen LogP contribution in [0.15, 0.2) is 23.2 Å². The van der Waals surface area contributed by atoms with E-state index in [-0.39, 0.29) is 30.1 Å². The Labute approximate surface area is 167 Å². The van der Waals surface area contributed by atoms with Crippen LogP contribution in [-0.2, 0) is 4.74 Å². The average Bonchev–Trinajstić information content (AvgIpc) is 2.60. The number of benzene rings is 1. The molecule has 1 saturated heterocycles. The number of methoxy groups -OCH3 is 1. The summed E-state index contributed by atoms with van der Waals surface area (Å²) >= 11 is 0. The third kappa shape index (κ3) is 6.87. The van der Waals surface area contributed by atoms with Crippen LogP contribution in [0.2, 0.25) is 0 Å². The minimum Gasteiger partial charge on any atom is -0.493 e. The van der Waals surface area contributed by atoms with Gasteiger partial charge >= 0.3 is 0 Å². The molecule has 142 valence electrons. The van der Waals surface area contributed by atoms with Crippen molar-refractivity contribution in [3.63, 3.8) is 0 Å². The third-order valence-electron chi connectivity index (χ3n) is 3.79. The van der Waals surface area contributed by atoms with Crippen molar-refractivity contribution in [2.75, 3.05) is 59.4 Å². The maximum Gasteiger partial charge on any atom is 0.195 e. The zero-order valence-corrected chi connectivity index (χ0v) is 17.7. The molecule has 1 fully saturated rings. The third-order valence-corrected chi connectivity index (χ3v) is 3.79. The number of guanidine groups is 1. The lowest BCUT2D eigenvalue weighted by atomic mass is 10.2. The lowest BCUT2D eigenvalue weighted by molar-refractivity contribution is -0.0160. The minimum atomic E-state index is 0. The first-order chi connectivity index (χ1) is 11.7. The van der Waals surface area contributed by atoms with E-state index in [1.807, 2.05) is 25.1 Å². The maximum atomic E-state index is 5.75. The molecular weight excluding hydrogens is 435 g/mol. The molecule has 0 aliphatic carbocycles. The first-order valence-electron chi connectivity index (χ1n) is 8.25. The molecule has 2 N–H and O–H groups in total. The molecular formula is C17H29IN4O3. The summed E-state index contributed by atoms with van der Waals surface area (Å²) in [4.78, 5) is 6.52. The average molecular weight is 464 g/mol. The molecule has 1 atom stereocenters. The van der Waals surface area contributed by atoms with E-state index in [0.29, 0.717) is 24.9 Å². The molecule has 0 amide bonds. The van der Waals surface area contributed by atoms with Crippen molar-refractivity contribution in [2.45, 2.75) is 13.0 Å². The van der Waals surface area contributed by atoms with Gasteiger partial charge in [-0.05, 0) is 26.1 Å². The highest BCUT2D eigenvalue weighted by Gasteiger charge is 2.17. The molecule has 0 saturated carbocycles. The maximum absolute atomic E-state index is 5.75. The van der Waals surface area contributed by atoms with Crippen LogP contribution < -0.4 is 20.1 Å². The first-order valence-corrected chi connectivity index (χ1v) is 8.25. The first kappa shape index (κ1) is 21.8. The summed E-state index contributed by atoms with van der Waals surface area (Å²) in [5.74, 6) is 2.11. The van der Waals surface area contributed by atoms with Crippen LogP contribution in [0.4, 0.5) is 5.69 Å². The number of likely N-dealkylation sites (N-methyl/N-ethyl adjacent to an activating group) is 1. The van der Waals surface area contributed by atoms with Gasteiger partial charge < -0.3 is 29.7 Å². The Bertz CT molecular complexity index is 557. The largest absolute Gasteiger partial charge is 0.493 e. The van der Waals surface area contributed by atoms with Gasteiger partial charge in [0, 0.05) is 38.4 Å². The van der Waals surface area contributed by atoms with E-state index in [2.05, 4.69) is 27.6 Å². The number of hydrogen-bond donors (Lipinski definition) is 2. The highest BCUT2D eigenvalue weighted by atomic mass is 127. The predicted molar refractivity (Wildman–Crippen MR) is 112 cm³/mol. The van der Waals surface area contributed by atoms with Crippen LogP contribution in [0.25, 0.3) is 0 Å². The van der Waals surface area contributed by atoms with Crippen molar-refractivity contribution < 1.29 is 14.2 Å². The molecule has 25 heavy (non-hydrogen) atoms. The van der Waals surface area contributed by atoms with Crippen molar-refractivity contribution in [3.05, 3.63) is 18.2 Å². The van der Waals surface area contributed by atoms with Gasteiger partial charge in [-0.2, -0.15) is 0 Å². The molecule has 7 nitrogen and oxygen atoms in total. The fourth-order valence-corrected chi connectivity index (χ4v) is 2.54. The molecule has 0 spiro atoms. The molecule has 1 aromatic rings. The number of ether oxygens (including phenoxy) is 3. The second-order valence-electron chi connectivity index (χ2n) is 5.63. The molecule has 0 radical (unpaired) electrons. The lowest BCUT2D eigenvalue weighted by Gasteiger charge is -2.30. The van der Waals surface area contributed by atoms with Gasteiger partial charge in [0.25, 0.3) is 0 Å². The summed E-state index contributed by atoms with van der Waals surface area (Å²) in [5, 5.41) is 6.56. The van der Waals surface area contributed by atoms with E-state index < -0.39 is 0 Å². The molecule has 1 unspecified atom stereocenters. The fourth-order valence-electron chi connectivity index (χ4n) is 2.54. The second kappa shape index (κ2) is 11.4. The van der Waals surface area contributed by atoms with Crippen LogP contribution in [0.5, 0.6) is 11.5 Å². The number of rotatable bonds is 6. The summed E-state index contributed by atoms with van der Waals surface area (Å²) in [5.41, 5.74) is 0.880. The summed E-state index contributed by atoms with van der Waals surface area (Å²) in [7, 11) is 5.48. The second-order valence-corrected chi connectivity index (χ2v) is 5.63. The Kier molecular flexibility index (Phi) is 9.91.